The molecule has 2 nitrogen and oxygen atoms in total. The van der Waals surface area contributed by atoms with Crippen LogP contribution >= 0.6 is 0 Å². The molecule has 0 radical (unpaired) electrons. The molecule has 0 aliphatic heterocycles. The van der Waals surface area contributed by atoms with E-state index in [-0.39, 0.29) is 5.41 Å². The molecule has 0 atom stereocenters. The fourth-order valence-corrected chi connectivity index (χ4v) is 1.36. The molecule has 0 heterocycles. The number of rotatable bonds is 3. The van der Waals surface area contributed by atoms with Gasteiger partial charge in [0, 0.05) is 5.56 Å². The molecule has 0 spiro atoms. The maximum absolute atomic E-state index is 9.72. The van der Waals surface area contributed by atoms with Gasteiger partial charge >= 0.3 is 0 Å². The van der Waals surface area contributed by atoms with E-state index in [1.54, 1.807) is 18.2 Å². The van der Waals surface area contributed by atoms with Crippen molar-refractivity contribution in [3.05, 3.63) is 36.4 Å². The average molecular weight is 206 g/mol. The molecule has 0 aliphatic rings. The molecule has 0 aliphatic carbocycles. The summed E-state index contributed by atoms with van der Waals surface area (Å²) >= 11 is 0. The highest BCUT2D eigenvalue weighted by molar-refractivity contribution is 5.43. The Hall–Kier alpha value is -1.44. The highest BCUT2D eigenvalue weighted by Gasteiger charge is 2.18. The van der Waals surface area contributed by atoms with Crippen LogP contribution in [0.15, 0.2) is 30.9 Å². The average Bonchev–Trinajstić information content (AvgIpc) is 2.15. The van der Waals surface area contributed by atoms with Crippen LogP contribution in [0.25, 0.3) is 0 Å². The van der Waals surface area contributed by atoms with Gasteiger partial charge in [-0.2, -0.15) is 0 Å². The van der Waals surface area contributed by atoms with Gasteiger partial charge in [0.05, 0.1) is 0 Å². The fourth-order valence-electron chi connectivity index (χ4n) is 1.36. The maximum Gasteiger partial charge on any atom is 0.120 e. The first kappa shape index (κ1) is 11.6. The molecule has 15 heavy (non-hydrogen) atoms. The Labute approximate surface area is 91.2 Å². The highest BCUT2D eigenvalue weighted by Crippen LogP contribution is 2.33. The number of phenols is 1. The van der Waals surface area contributed by atoms with Crippen LogP contribution in [0.5, 0.6) is 11.5 Å². The second-order valence-corrected chi connectivity index (χ2v) is 4.53. The Morgan fingerprint density at radius 3 is 2.60 bits per heavy atom. The van der Waals surface area contributed by atoms with Crippen molar-refractivity contribution in [2.45, 2.75) is 26.2 Å². The summed E-state index contributed by atoms with van der Waals surface area (Å²) in [7, 11) is 0. The normalized spacial score (nSPS) is 11.1. The van der Waals surface area contributed by atoms with Crippen molar-refractivity contribution in [2.24, 2.45) is 0 Å². The fraction of sp³-hybridized carbons (Fsp3) is 0.385. The molecule has 0 bridgehead atoms. The second-order valence-electron chi connectivity index (χ2n) is 4.53. The number of aromatic hydroxyl groups is 1. The van der Waals surface area contributed by atoms with E-state index in [4.69, 9.17) is 4.74 Å². The lowest BCUT2D eigenvalue weighted by molar-refractivity contribution is 0.359. The molecule has 2 heteroatoms. The largest absolute Gasteiger partial charge is 0.508 e. The van der Waals surface area contributed by atoms with Gasteiger partial charge in [-0.1, -0.05) is 33.4 Å². The van der Waals surface area contributed by atoms with Gasteiger partial charge in [-0.05, 0) is 23.6 Å². The number of phenolic OH excluding ortho intramolecular Hbond substituents is 1. The van der Waals surface area contributed by atoms with Crippen LogP contribution in [0, 0.1) is 0 Å². The van der Waals surface area contributed by atoms with Gasteiger partial charge in [0.25, 0.3) is 0 Å². The van der Waals surface area contributed by atoms with Crippen molar-refractivity contribution in [2.75, 3.05) is 6.61 Å². The predicted molar refractivity (Wildman–Crippen MR) is 62.5 cm³/mol. The lowest BCUT2D eigenvalue weighted by Gasteiger charge is -2.21. The smallest absolute Gasteiger partial charge is 0.120 e. The topological polar surface area (TPSA) is 29.5 Å². The third kappa shape index (κ3) is 3.01. The van der Waals surface area contributed by atoms with Crippen LogP contribution in [-0.2, 0) is 5.41 Å². The van der Waals surface area contributed by atoms with E-state index in [2.05, 4.69) is 27.4 Å². The number of hydrogen-bond donors (Lipinski definition) is 1. The van der Waals surface area contributed by atoms with Gasteiger partial charge in [0.2, 0.25) is 0 Å². The van der Waals surface area contributed by atoms with Gasteiger partial charge in [0.1, 0.15) is 18.1 Å². The number of hydrogen-bond acceptors (Lipinski definition) is 2. The molecule has 82 valence electrons. The van der Waals surface area contributed by atoms with Crippen LogP contribution in [0.2, 0.25) is 0 Å². The molecule has 0 amide bonds. The van der Waals surface area contributed by atoms with Gasteiger partial charge in [-0.15, -0.1) is 0 Å². The first-order chi connectivity index (χ1) is 6.95. The standard InChI is InChI=1S/C13H18O2/c1-5-8-15-10-6-7-12(14)11(9-10)13(2,3)4/h5-7,9,14H,1,8H2,2-4H3. The summed E-state index contributed by atoms with van der Waals surface area (Å²) in [5.74, 6) is 1.08. The zero-order valence-corrected chi connectivity index (χ0v) is 9.58. The Balaban J connectivity index is 3.00. The summed E-state index contributed by atoms with van der Waals surface area (Å²) in [5.41, 5.74) is 0.807. The minimum atomic E-state index is -0.0857. The molecule has 0 fully saturated rings. The van der Waals surface area contributed by atoms with Crippen LogP contribution < -0.4 is 4.74 Å². The number of benzene rings is 1. The van der Waals surface area contributed by atoms with E-state index < -0.39 is 0 Å². The molecule has 1 aromatic carbocycles. The Morgan fingerprint density at radius 2 is 2.07 bits per heavy atom. The van der Waals surface area contributed by atoms with E-state index in [1.807, 2.05) is 6.07 Å². The van der Waals surface area contributed by atoms with Crippen molar-refractivity contribution in [1.29, 1.82) is 0 Å². The molecule has 1 aromatic rings. The van der Waals surface area contributed by atoms with Crippen LogP contribution in [-0.4, -0.2) is 11.7 Å². The van der Waals surface area contributed by atoms with E-state index in [0.717, 1.165) is 11.3 Å². The minimum absolute atomic E-state index is 0.0857. The summed E-state index contributed by atoms with van der Waals surface area (Å²) in [6.07, 6.45) is 1.70. The monoisotopic (exact) mass is 206 g/mol. The van der Waals surface area contributed by atoms with Crippen LogP contribution in [0.1, 0.15) is 26.3 Å². The van der Waals surface area contributed by atoms with Crippen molar-refractivity contribution in [3.8, 4) is 11.5 Å². The van der Waals surface area contributed by atoms with Crippen molar-refractivity contribution < 1.29 is 9.84 Å². The Kier molecular flexibility index (Phi) is 3.40. The lowest BCUT2D eigenvalue weighted by atomic mass is 9.86. The molecule has 0 saturated carbocycles. The molecular weight excluding hydrogens is 188 g/mol. The lowest BCUT2D eigenvalue weighted by Crippen LogP contribution is -2.11. The van der Waals surface area contributed by atoms with Gasteiger partial charge < -0.3 is 9.84 Å². The molecule has 0 aromatic heterocycles. The van der Waals surface area contributed by atoms with E-state index in [9.17, 15) is 5.11 Å². The first-order valence-corrected chi connectivity index (χ1v) is 5.02. The maximum atomic E-state index is 9.72. The highest BCUT2D eigenvalue weighted by atomic mass is 16.5. The van der Waals surface area contributed by atoms with E-state index in [0.29, 0.717) is 12.4 Å². The van der Waals surface area contributed by atoms with Crippen LogP contribution in [0.4, 0.5) is 0 Å². The SMILES string of the molecule is C=CCOc1ccc(O)c(C(C)(C)C)c1. The molecule has 0 unspecified atom stereocenters. The zero-order valence-electron chi connectivity index (χ0n) is 9.58. The minimum Gasteiger partial charge on any atom is -0.508 e. The predicted octanol–water partition coefficient (Wildman–Crippen LogP) is 3.25. The zero-order chi connectivity index (χ0) is 11.5. The second kappa shape index (κ2) is 4.39. The van der Waals surface area contributed by atoms with E-state index in [1.165, 1.54) is 0 Å². The van der Waals surface area contributed by atoms with E-state index >= 15 is 0 Å². The molecule has 0 saturated heterocycles. The summed E-state index contributed by atoms with van der Waals surface area (Å²) in [6, 6.07) is 5.30. The van der Waals surface area contributed by atoms with Gasteiger partial charge in [0.15, 0.2) is 0 Å². The third-order valence-corrected chi connectivity index (χ3v) is 2.14. The summed E-state index contributed by atoms with van der Waals surface area (Å²) in [5, 5.41) is 9.72. The molecule has 1 rings (SSSR count). The van der Waals surface area contributed by atoms with Gasteiger partial charge in [-0.25, -0.2) is 0 Å². The first-order valence-electron chi connectivity index (χ1n) is 5.02. The summed E-state index contributed by atoms with van der Waals surface area (Å²) in [6.45, 7) is 10.2. The quantitative estimate of drug-likeness (QED) is 0.769. The third-order valence-electron chi connectivity index (χ3n) is 2.14. The Morgan fingerprint density at radius 1 is 1.40 bits per heavy atom. The van der Waals surface area contributed by atoms with Crippen molar-refractivity contribution in [1.82, 2.24) is 0 Å². The number of ether oxygens (including phenoxy) is 1. The summed E-state index contributed by atoms with van der Waals surface area (Å²) < 4.78 is 5.42. The molecule has 1 N–H and O–H groups in total. The molecular formula is C13H18O2. The van der Waals surface area contributed by atoms with Gasteiger partial charge in [-0.3, -0.25) is 0 Å². The Bertz CT molecular complexity index is 348. The van der Waals surface area contributed by atoms with Crippen molar-refractivity contribution >= 4 is 0 Å². The van der Waals surface area contributed by atoms with Crippen molar-refractivity contribution in [3.63, 3.8) is 0 Å². The summed E-state index contributed by atoms with van der Waals surface area (Å²) in [4.78, 5) is 0. The van der Waals surface area contributed by atoms with Crippen LogP contribution in [0.3, 0.4) is 0 Å².